The molecule has 0 rings (SSSR count). The Balaban J connectivity index is 3.04. The van der Waals surface area contributed by atoms with Crippen molar-refractivity contribution in [2.24, 2.45) is 5.92 Å². The van der Waals surface area contributed by atoms with E-state index in [0.717, 1.165) is 45.2 Å². The van der Waals surface area contributed by atoms with Gasteiger partial charge in [-0.15, -0.1) is 0 Å². The van der Waals surface area contributed by atoms with Crippen LogP contribution in [0.1, 0.15) is 239 Å². The van der Waals surface area contributed by atoms with E-state index in [0.29, 0.717) is 0 Å². The summed E-state index contributed by atoms with van der Waals surface area (Å²) in [6.45, 7) is 8.70. The van der Waals surface area contributed by atoms with E-state index in [2.05, 4.69) is 13.8 Å². The van der Waals surface area contributed by atoms with Gasteiger partial charge in [0, 0.05) is 26.4 Å². The second kappa shape index (κ2) is 42.9. The van der Waals surface area contributed by atoms with Gasteiger partial charge in [-0.3, -0.25) is 0 Å². The lowest BCUT2D eigenvalue weighted by atomic mass is 10.0. The monoisotopic (exact) mass is 652 g/mol. The Labute approximate surface area is 291 Å². The van der Waals surface area contributed by atoms with Gasteiger partial charge in [-0.2, -0.15) is 0 Å². The Kier molecular flexibility index (Phi) is 42.8. The van der Waals surface area contributed by atoms with Crippen molar-refractivity contribution in [2.75, 3.05) is 33.0 Å². The molecule has 0 aromatic rings. The molecule has 277 valence electrons. The van der Waals surface area contributed by atoms with Crippen molar-refractivity contribution in [1.82, 2.24) is 0 Å². The number of unbranched alkanes of at least 4 members (excludes halogenated alkanes) is 31. The second-order valence-electron chi connectivity index (χ2n) is 15.1. The molecule has 0 N–H and O–H groups in total. The second-order valence-corrected chi connectivity index (χ2v) is 15.1. The smallest absolute Gasteiger partial charge is 0.0822 e. The van der Waals surface area contributed by atoms with Crippen molar-refractivity contribution in [3.63, 3.8) is 0 Å². The van der Waals surface area contributed by atoms with E-state index >= 15 is 0 Å². The van der Waals surface area contributed by atoms with Crippen LogP contribution in [0, 0.1) is 5.92 Å². The van der Waals surface area contributed by atoms with Crippen LogP contribution in [-0.2, 0) is 14.6 Å². The zero-order valence-corrected chi connectivity index (χ0v) is 32.1. The first-order chi connectivity index (χ1) is 22.8. The molecule has 0 saturated carbocycles. The van der Waals surface area contributed by atoms with Gasteiger partial charge in [0.15, 0.2) is 0 Å². The standard InChI is InChI=1S/C43H87O3/c1-43(2)37-31-25-19-13-18-24-30-36-42-46-41-35-29-23-17-12-8-7-11-16-22-28-34-40-45-39-33-27-21-15-10-6-4-3-5-9-14-20-26-32-38-44/h43H,3-42H2,1-2H3. The van der Waals surface area contributed by atoms with E-state index in [9.17, 15) is 5.11 Å². The van der Waals surface area contributed by atoms with Crippen LogP contribution in [0.15, 0.2) is 0 Å². The summed E-state index contributed by atoms with van der Waals surface area (Å²) in [4.78, 5) is 0. The Hall–Kier alpha value is -0.120. The van der Waals surface area contributed by atoms with Crippen LogP contribution in [-0.4, -0.2) is 33.0 Å². The van der Waals surface area contributed by atoms with E-state index in [-0.39, 0.29) is 6.61 Å². The van der Waals surface area contributed by atoms with Crippen LogP contribution in [0.4, 0.5) is 0 Å². The van der Waals surface area contributed by atoms with Crippen LogP contribution < -0.4 is 0 Å². The average molecular weight is 652 g/mol. The molecule has 0 fully saturated rings. The molecule has 46 heavy (non-hydrogen) atoms. The molecule has 0 unspecified atom stereocenters. The third-order valence-electron chi connectivity index (χ3n) is 9.83. The maximum Gasteiger partial charge on any atom is 0.0822 e. The minimum absolute atomic E-state index is 0.116. The highest BCUT2D eigenvalue weighted by molar-refractivity contribution is 4.53. The largest absolute Gasteiger partial charge is 0.381 e. The zero-order chi connectivity index (χ0) is 33.3. The molecule has 0 bridgehead atoms. The molecule has 0 aliphatic rings. The first kappa shape index (κ1) is 45.9. The number of hydrogen-bond acceptors (Lipinski definition) is 2. The first-order valence-electron chi connectivity index (χ1n) is 21.5. The van der Waals surface area contributed by atoms with Crippen molar-refractivity contribution < 1.29 is 14.6 Å². The molecule has 1 radical (unpaired) electrons. The lowest BCUT2D eigenvalue weighted by Crippen LogP contribution is -1.97. The summed E-state index contributed by atoms with van der Waals surface area (Å²) in [5.41, 5.74) is 0. The molecule has 0 spiro atoms. The van der Waals surface area contributed by atoms with Gasteiger partial charge in [-0.25, -0.2) is 5.11 Å². The fraction of sp³-hybridized carbons (Fsp3) is 1.00. The summed E-state index contributed by atoms with van der Waals surface area (Å²) in [6, 6.07) is 0. The minimum Gasteiger partial charge on any atom is -0.381 e. The van der Waals surface area contributed by atoms with E-state index in [1.165, 1.54) is 212 Å². The van der Waals surface area contributed by atoms with Gasteiger partial charge in [-0.05, 0) is 38.0 Å². The van der Waals surface area contributed by atoms with E-state index in [1.807, 2.05) is 0 Å². The molecule has 3 heteroatoms. The highest BCUT2D eigenvalue weighted by atomic mass is 16.5. The van der Waals surface area contributed by atoms with E-state index < -0.39 is 0 Å². The topological polar surface area (TPSA) is 38.4 Å². The Morgan fingerprint density at radius 3 is 0.696 bits per heavy atom. The Bertz CT molecular complexity index is 508. The van der Waals surface area contributed by atoms with Gasteiger partial charge in [0.2, 0.25) is 0 Å². The van der Waals surface area contributed by atoms with Crippen molar-refractivity contribution in [1.29, 1.82) is 0 Å². The number of rotatable bonds is 42. The van der Waals surface area contributed by atoms with Crippen molar-refractivity contribution >= 4 is 0 Å². The summed E-state index contributed by atoms with van der Waals surface area (Å²) in [7, 11) is 0. The fourth-order valence-corrected chi connectivity index (χ4v) is 6.63. The number of hydrogen-bond donors (Lipinski definition) is 0. The van der Waals surface area contributed by atoms with Gasteiger partial charge >= 0.3 is 0 Å². The highest BCUT2D eigenvalue weighted by Crippen LogP contribution is 2.15. The van der Waals surface area contributed by atoms with Gasteiger partial charge in [0.05, 0.1) is 6.61 Å². The minimum atomic E-state index is 0.116. The summed E-state index contributed by atoms with van der Waals surface area (Å²) in [6.07, 6.45) is 47.6. The molecule has 0 atom stereocenters. The summed E-state index contributed by atoms with van der Waals surface area (Å²) >= 11 is 0. The summed E-state index contributed by atoms with van der Waals surface area (Å²) in [5.74, 6) is 0.877. The normalized spacial score (nSPS) is 11.7. The summed E-state index contributed by atoms with van der Waals surface area (Å²) < 4.78 is 11.7. The molecule has 0 heterocycles. The predicted molar refractivity (Wildman–Crippen MR) is 204 cm³/mol. The lowest BCUT2D eigenvalue weighted by Gasteiger charge is -2.06. The summed E-state index contributed by atoms with van der Waals surface area (Å²) in [5, 5.41) is 10.4. The highest BCUT2D eigenvalue weighted by Gasteiger charge is 1.98. The number of ether oxygens (including phenoxy) is 2. The Morgan fingerprint density at radius 1 is 0.283 bits per heavy atom. The fourth-order valence-electron chi connectivity index (χ4n) is 6.63. The maximum atomic E-state index is 10.4. The van der Waals surface area contributed by atoms with Crippen LogP contribution in [0.25, 0.3) is 0 Å². The van der Waals surface area contributed by atoms with Gasteiger partial charge < -0.3 is 9.47 Å². The molecule has 0 saturated heterocycles. The van der Waals surface area contributed by atoms with Crippen LogP contribution >= 0.6 is 0 Å². The maximum absolute atomic E-state index is 10.4. The van der Waals surface area contributed by atoms with Gasteiger partial charge in [0.1, 0.15) is 0 Å². The first-order valence-corrected chi connectivity index (χ1v) is 21.5. The van der Waals surface area contributed by atoms with E-state index in [4.69, 9.17) is 9.47 Å². The molecule has 0 aromatic carbocycles. The molecule has 0 amide bonds. The molecule has 3 nitrogen and oxygen atoms in total. The van der Waals surface area contributed by atoms with E-state index in [1.54, 1.807) is 0 Å². The molecule has 0 aliphatic heterocycles. The third kappa shape index (κ3) is 43.9. The van der Waals surface area contributed by atoms with Crippen molar-refractivity contribution in [3.8, 4) is 0 Å². The van der Waals surface area contributed by atoms with Crippen LogP contribution in [0.3, 0.4) is 0 Å². The van der Waals surface area contributed by atoms with Crippen LogP contribution in [0.2, 0.25) is 0 Å². The Morgan fingerprint density at radius 2 is 0.478 bits per heavy atom. The molecule has 0 aromatic heterocycles. The molecule has 0 aliphatic carbocycles. The third-order valence-corrected chi connectivity index (χ3v) is 9.83. The van der Waals surface area contributed by atoms with Crippen molar-refractivity contribution in [2.45, 2.75) is 239 Å². The molecular formula is C43H87O3. The SMILES string of the molecule is CC(C)CCCCCCCCCCOCCCCCCCCCCCCCCOCCCCCCCCCCCCCCCC[O]. The zero-order valence-electron chi connectivity index (χ0n) is 32.1. The van der Waals surface area contributed by atoms with Crippen molar-refractivity contribution in [3.05, 3.63) is 0 Å². The predicted octanol–water partition coefficient (Wildman–Crippen LogP) is 14.8. The lowest BCUT2D eigenvalue weighted by molar-refractivity contribution is 0.125. The van der Waals surface area contributed by atoms with Gasteiger partial charge in [-0.1, -0.05) is 206 Å². The van der Waals surface area contributed by atoms with Crippen LogP contribution in [0.5, 0.6) is 0 Å². The quantitative estimate of drug-likeness (QED) is 0.0616. The van der Waals surface area contributed by atoms with Gasteiger partial charge in [0.25, 0.3) is 0 Å². The molecular weight excluding hydrogens is 564 g/mol. The average Bonchev–Trinajstić information content (AvgIpc) is 3.05.